The summed E-state index contributed by atoms with van der Waals surface area (Å²) in [5.74, 6) is -1.08. The van der Waals surface area contributed by atoms with E-state index in [0.717, 1.165) is 25.5 Å². The van der Waals surface area contributed by atoms with E-state index in [1.165, 1.54) is 12.1 Å². The van der Waals surface area contributed by atoms with Crippen molar-refractivity contribution in [3.8, 4) is 0 Å². The van der Waals surface area contributed by atoms with Crippen LogP contribution in [-0.2, 0) is 4.79 Å². The fourth-order valence-electron chi connectivity index (χ4n) is 3.63. The first-order valence-electron chi connectivity index (χ1n) is 9.25. The minimum absolute atomic E-state index is 0.0174. The fourth-order valence-corrected chi connectivity index (χ4v) is 3.63. The lowest BCUT2D eigenvalue weighted by atomic mass is 9.96. The maximum Gasteiger partial charge on any atom is 0.233 e. The van der Waals surface area contributed by atoms with E-state index < -0.39 is 11.6 Å². The summed E-state index contributed by atoms with van der Waals surface area (Å²) in [7, 11) is 0. The highest BCUT2D eigenvalue weighted by Gasteiger charge is 2.38. The predicted octanol–water partition coefficient (Wildman–Crippen LogP) is 2.28. The summed E-state index contributed by atoms with van der Waals surface area (Å²) < 4.78 is 26.9. The molecule has 2 N–H and O–H groups in total. The number of rotatable bonds is 5. The molecule has 1 aromatic rings. The van der Waals surface area contributed by atoms with Crippen LogP contribution in [0.1, 0.15) is 18.4 Å². The third-order valence-corrected chi connectivity index (χ3v) is 5.28. The van der Waals surface area contributed by atoms with Gasteiger partial charge in [0.25, 0.3) is 0 Å². The third kappa shape index (κ3) is 4.08. The van der Waals surface area contributed by atoms with Gasteiger partial charge in [-0.05, 0) is 42.5 Å². The van der Waals surface area contributed by atoms with E-state index in [2.05, 4.69) is 15.6 Å². The molecule has 2 atom stereocenters. The van der Waals surface area contributed by atoms with Gasteiger partial charge in [-0.15, -0.1) is 0 Å². The zero-order valence-electron chi connectivity index (χ0n) is 14.9. The first kappa shape index (κ1) is 17.9. The summed E-state index contributed by atoms with van der Waals surface area (Å²) in [5, 5.41) is 6.49. The van der Waals surface area contributed by atoms with E-state index in [0.29, 0.717) is 30.1 Å². The molecule has 3 aliphatic rings. The van der Waals surface area contributed by atoms with Gasteiger partial charge in [-0.3, -0.25) is 15.1 Å². The van der Waals surface area contributed by atoms with Gasteiger partial charge in [0.1, 0.15) is 11.6 Å². The number of piperidine rings is 1. The monoisotopic (exact) mass is 372 g/mol. The van der Waals surface area contributed by atoms with Gasteiger partial charge in [0.05, 0.1) is 5.92 Å². The largest absolute Gasteiger partial charge is 0.358 e. The number of halogens is 2. The average molecular weight is 372 g/mol. The SMILES string of the molecule is O=C(C1C=C1c1ccc(F)cc1F)N1CCC(CNC2N=CC=CN2)CC1. The Hall–Kier alpha value is -2.54. The molecule has 0 aromatic heterocycles. The highest BCUT2D eigenvalue weighted by Crippen LogP contribution is 2.41. The van der Waals surface area contributed by atoms with Crippen molar-refractivity contribution in [3.05, 3.63) is 53.7 Å². The summed E-state index contributed by atoms with van der Waals surface area (Å²) in [6, 6.07) is 3.48. The number of likely N-dealkylation sites (tertiary alicyclic amines) is 1. The number of aliphatic imine (C=N–C) groups is 1. The Morgan fingerprint density at radius 3 is 2.81 bits per heavy atom. The van der Waals surface area contributed by atoms with Crippen LogP contribution in [-0.4, -0.2) is 42.9 Å². The van der Waals surface area contributed by atoms with Crippen molar-refractivity contribution in [2.75, 3.05) is 19.6 Å². The predicted molar refractivity (Wildman–Crippen MR) is 99.7 cm³/mol. The van der Waals surface area contributed by atoms with Crippen LogP contribution in [0.4, 0.5) is 8.78 Å². The van der Waals surface area contributed by atoms with Crippen molar-refractivity contribution >= 4 is 17.7 Å². The average Bonchev–Trinajstić information content (AvgIpc) is 3.47. The van der Waals surface area contributed by atoms with Crippen LogP contribution in [0.15, 0.2) is 41.5 Å². The number of carbonyl (C=O) groups excluding carboxylic acids is 1. The van der Waals surface area contributed by atoms with E-state index >= 15 is 0 Å². The van der Waals surface area contributed by atoms with Gasteiger partial charge in [-0.1, -0.05) is 6.08 Å². The Kier molecular flexibility index (Phi) is 5.03. The van der Waals surface area contributed by atoms with Crippen LogP contribution in [0.5, 0.6) is 0 Å². The van der Waals surface area contributed by atoms with E-state index in [4.69, 9.17) is 0 Å². The van der Waals surface area contributed by atoms with Crippen molar-refractivity contribution < 1.29 is 13.6 Å². The number of nitrogens with one attached hydrogen (secondary N) is 2. The lowest BCUT2D eigenvalue weighted by Gasteiger charge is -2.33. The molecule has 0 bridgehead atoms. The molecule has 4 rings (SSSR count). The van der Waals surface area contributed by atoms with Crippen molar-refractivity contribution in [2.45, 2.75) is 19.1 Å². The molecule has 0 saturated carbocycles. The zero-order chi connectivity index (χ0) is 18.8. The number of carbonyl (C=O) groups is 1. The summed E-state index contributed by atoms with van der Waals surface area (Å²) in [5.41, 5.74) is 0.985. The molecule has 1 aliphatic carbocycles. The number of hydrogen-bond donors (Lipinski definition) is 2. The smallest absolute Gasteiger partial charge is 0.233 e. The van der Waals surface area contributed by atoms with Crippen molar-refractivity contribution in [1.29, 1.82) is 0 Å². The molecule has 142 valence electrons. The highest BCUT2D eigenvalue weighted by molar-refractivity contribution is 6.03. The normalized spacial score (nSPS) is 24.5. The van der Waals surface area contributed by atoms with Crippen molar-refractivity contribution in [2.24, 2.45) is 16.8 Å². The lowest BCUT2D eigenvalue weighted by molar-refractivity contribution is -0.133. The lowest BCUT2D eigenvalue weighted by Crippen LogP contribution is -2.45. The third-order valence-electron chi connectivity index (χ3n) is 5.28. The van der Waals surface area contributed by atoms with Gasteiger partial charge in [0, 0.05) is 43.7 Å². The number of allylic oxidation sites excluding steroid dienone is 1. The Morgan fingerprint density at radius 2 is 2.11 bits per heavy atom. The Labute approximate surface area is 156 Å². The first-order chi connectivity index (χ1) is 13.1. The molecule has 0 radical (unpaired) electrons. The first-order valence-corrected chi connectivity index (χ1v) is 9.25. The highest BCUT2D eigenvalue weighted by atomic mass is 19.1. The maximum atomic E-state index is 13.9. The van der Waals surface area contributed by atoms with Crippen LogP contribution < -0.4 is 10.6 Å². The number of hydrogen-bond acceptors (Lipinski definition) is 4. The summed E-state index contributed by atoms with van der Waals surface area (Å²) in [6.45, 7) is 2.25. The van der Waals surface area contributed by atoms with Gasteiger partial charge >= 0.3 is 0 Å². The molecule has 1 aromatic carbocycles. The van der Waals surface area contributed by atoms with Crippen LogP contribution in [0.2, 0.25) is 0 Å². The van der Waals surface area contributed by atoms with Gasteiger partial charge in [0.15, 0.2) is 6.29 Å². The molecule has 7 heteroatoms. The van der Waals surface area contributed by atoms with Gasteiger partial charge in [-0.2, -0.15) is 0 Å². The molecule has 1 fully saturated rings. The molecule has 2 unspecified atom stereocenters. The van der Waals surface area contributed by atoms with Crippen molar-refractivity contribution in [3.63, 3.8) is 0 Å². The molecule has 2 heterocycles. The standard InChI is InChI=1S/C20H22F2N4O/c21-14-2-3-15(18(22)10-14)16-11-17(16)19(27)26-8-4-13(5-9-26)12-25-20-23-6-1-7-24-20/h1-3,6-7,10-11,13,17,20,23,25H,4-5,8-9,12H2. The minimum Gasteiger partial charge on any atom is -0.358 e. The molecule has 0 spiro atoms. The number of benzene rings is 1. The molecule has 1 amide bonds. The molecule has 1 saturated heterocycles. The van der Waals surface area contributed by atoms with E-state index in [1.807, 2.05) is 17.2 Å². The van der Waals surface area contributed by atoms with Crippen molar-refractivity contribution in [1.82, 2.24) is 15.5 Å². The Morgan fingerprint density at radius 1 is 1.30 bits per heavy atom. The maximum absolute atomic E-state index is 13.9. The minimum atomic E-state index is -0.616. The summed E-state index contributed by atoms with van der Waals surface area (Å²) in [4.78, 5) is 18.8. The molecular weight excluding hydrogens is 350 g/mol. The van der Waals surface area contributed by atoms with Crippen LogP contribution in [0.3, 0.4) is 0 Å². The van der Waals surface area contributed by atoms with Crippen LogP contribution in [0, 0.1) is 23.5 Å². The van der Waals surface area contributed by atoms with E-state index in [-0.39, 0.29) is 18.1 Å². The second kappa shape index (κ2) is 7.60. The second-order valence-corrected chi connectivity index (χ2v) is 7.13. The zero-order valence-corrected chi connectivity index (χ0v) is 14.9. The van der Waals surface area contributed by atoms with Gasteiger partial charge < -0.3 is 10.2 Å². The fraction of sp³-hybridized carbons (Fsp3) is 0.400. The van der Waals surface area contributed by atoms with Gasteiger partial charge in [0.2, 0.25) is 5.91 Å². The molecule has 27 heavy (non-hydrogen) atoms. The summed E-state index contributed by atoms with van der Waals surface area (Å²) in [6.07, 6.45) is 9.00. The quantitative estimate of drug-likeness (QED) is 0.834. The van der Waals surface area contributed by atoms with Gasteiger partial charge in [-0.25, -0.2) is 8.78 Å². The molecule has 5 nitrogen and oxygen atoms in total. The second-order valence-electron chi connectivity index (χ2n) is 7.13. The summed E-state index contributed by atoms with van der Waals surface area (Å²) >= 11 is 0. The van der Waals surface area contributed by atoms with E-state index in [9.17, 15) is 13.6 Å². The topological polar surface area (TPSA) is 56.7 Å². The van der Waals surface area contributed by atoms with E-state index in [1.54, 1.807) is 12.3 Å². The Bertz CT molecular complexity index is 812. The van der Waals surface area contributed by atoms with Crippen LogP contribution in [0.25, 0.3) is 5.57 Å². The Balaban J connectivity index is 1.24. The van der Waals surface area contributed by atoms with Crippen LogP contribution >= 0.6 is 0 Å². The number of amides is 1. The molecular formula is C20H22F2N4O. The molecule has 2 aliphatic heterocycles. The number of nitrogens with zero attached hydrogens (tertiary/aromatic N) is 2.